The van der Waals surface area contributed by atoms with Crippen LogP contribution in [-0.4, -0.2) is 50.0 Å². The van der Waals surface area contributed by atoms with E-state index in [1.54, 1.807) is 23.8 Å². The molecule has 1 amide bonds. The van der Waals surface area contributed by atoms with Gasteiger partial charge in [-0.2, -0.15) is 0 Å². The Morgan fingerprint density at radius 1 is 0.973 bits per heavy atom. The molecule has 3 heterocycles. The molecule has 3 aromatic carbocycles. The maximum Gasteiger partial charge on any atom is 0.263 e. The third-order valence-corrected chi connectivity index (χ3v) is 7.39. The number of carbonyl (C=O) groups excluding carboxylic acids is 1. The van der Waals surface area contributed by atoms with Crippen LogP contribution in [-0.2, 0) is 6.54 Å². The molecule has 1 aliphatic heterocycles. The van der Waals surface area contributed by atoms with E-state index in [2.05, 4.69) is 39.5 Å². The number of phenols is 1. The second-order valence-corrected chi connectivity index (χ2v) is 10.1. The van der Waals surface area contributed by atoms with Gasteiger partial charge in [0.15, 0.2) is 0 Å². The molecule has 7 nitrogen and oxygen atoms in total. The number of aromatic hydroxyl groups is 1. The van der Waals surface area contributed by atoms with Gasteiger partial charge in [-0.3, -0.25) is 14.7 Å². The Hall–Kier alpha value is -4.14. The van der Waals surface area contributed by atoms with Crippen molar-refractivity contribution in [1.29, 1.82) is 0 Å². The molecule has 0 aliphatic carbocycles. The number of thiazole rings is 1. The molecule has 37 heavy (non-hydrogen) atoms. The summed E-state index contributed by atoms with van der Waals surface area (Å²) in [4.78, 5) is 29.1. The number of hydrogen-bond donors (Lipinski definition) is 2. The van der Waals surface area contributed by atoms with Crippen LogP contribution in [0.5, 0.6) is 5.75 Å². The number of fused-ring (bicyclic) bond motifs is 1. The van der Waals surface area contributed by atoms with Crippen LogP contribution in [0.4, 0.5) is 0 Å². The lowest BCUT2D eigenvalue weighted by Crippen LogP contribution is -2.36. The van der Waals surface area contributed by atoms with Gasteiger partial charge in [-0.25, -0.2) is 9.97 Å². The Labute approximate surface area is 218 Å². The number of para-hydroxylation sites is 1. The summed E-state index contributed by atoms with van der Waals surface area (Å²) in [6.07, 6.45) is 2.54. The Kier molecular flexibility index (Phi) is 6.34. The highest BCUT2D eigenvalue weighted by molar-refractivity contribution is 7.11. The highest BCUT2D eigenvalue weighted by Gasteiger charge is 2.24. The number of aromatic nitrogens is 3. The number of carbonyl (C=O) groups is 1. The Balaban J connectivity index is 1.21. The van der Waals surface area contributed by atoms with Gasteiger partial charge in [-0.05, 0) is 24.1 Å². The second kappa shape index (κ2) is 10.1. The fraction of sp³-hybridized carbons (Fsp3) is 0.172. The quantitative estimate of drug-likeness (QED) is 0.331. The van der Waals surface area contributed by atoms with E-state index in [0.717, 1.165) is 48.6 Å². The van der Waals surface area contributed by atoms with Gasteiger partial charge < -0.3 is 10.4 Å². The van der Waals surface area contributed by atoms with Crippen molar-refractivity contribution in [2.24, 2.45) is 0 Å². The van der Waals surface area contributed by atoms with Crippen LogP contribution in [0.3, 0.4) is 0 Å². The molecule has 0 unspecified atom stereocenters. The number of nitrogens with one attached hydrogen (secondary N) is 1. The van der Waals surface area contributed by atoms with Crippen molar-refractivity contribution >= 4 is 28.3 Å². The van der Waals surface area contributed by atoms with Crippen molar-refractivity contribution in [2.45, 2.75) is 19.0 Å². The lowest BCUT2D eigenvalue weighted by Gasteiger charge is -2.17. The van der Waals surface area contributed by atoms with Crippen molar-refractivity contribution in [1.82, 2.24) is 25.2 Å². The van der Waals surface area contributed by atoms with Crippen molar-refractivity contribution in [3.05, 3.63) is 94.9 Å². The van der Waals surface area contributed by atoms with Crippen molar-refractivity contribution < 1.29 is 9.90 Å². The monoisotopic (exact) mass is 507 g/mol. The molecule has 1 aliphatic rings. The molecule has 1 atom stereocenters. The molecular weight excluding hydrogens is 482 g/mol. The molecule has 2 aromatic heterocycles. The molecule has 1 fully saturated rings. The van der Waals surface area contributed by atoms with Crippen LogP contribution < -0.4 is 5.32 Å². The molecule has 8 heteroatoms. The summed E-state index contributed by atoms with van der Waals surface area (Å²) >= 11 is 1.36. The van der Waals surface area contributed by atoms with Crippen LogP contribution in [0.25, 0.3) is 33.5 Å². The number of phenolic OH excluding ortho intramolecular Hbond substituents is 1. The summed E-state index contributed by atoms with van der Waals surface area (Å²) in [6.45, 7) is 2.58. The number of rotatable bonds is 6. The van der Waals surface area contributed by atoms with Gasteiger partial charge in [-0.15, -0.1) is 11.3 Å². The van der Waals surface area contributed by atoms with E-state index >= 15 is 0 Å². The molecule has 184 valence electrons. The minimum absolute atomic E-state index is 0.0438. The van der Waals surface area contributed by atoms with Gasteiger partial charge in [0.05, 0.1) is 28.6 Å². The SMILES string of the molecule is O=C(N[C@@H]1CCN(Cc2ccc(-c3nc4cccc(O)c4nc3-c3ccccc3)cc2)C1)c1cncs1. The molecule has 0 spiro atoms. The van der Waals surface area contributed by atoms with Gasteiger partial charge in [0.1, 0.15) is 16.1 Å². The van der Waals surface area contributed by atoms with E-state index in [1.165, 1.54) is 16.9 Å². The summed E-state index contributed by atoms with van der Waals surface area (Å²) in [5.74, 6) is 0.0778. The first-order valence-electron chi connectivity index (χ1n) is 12.2. The molecule has 0 saturated carbocycles. The van der Waals surface area contributed by atoms with Crippen LogP contribution in [0.1, 0.15) is 21.7 Å². The lowest BCUT2D eigenvalue weighted by molar-refractivity contribution is 0.0941. The summed E-state index contributed by atoms with van der Waals surface area (Å²) < 4.78 is 0. The van der Waals surface area contributed by atoms with Crippen molar-refractivity contribution in [3.8, 4) is 28.3 Å². The zero-order valence-electron chi connectivity index (χ0n) is 20.0. The van der Waals surface area contributed by atoms with E-state index in [9.17, 15) is 9.90 Å². The van der Waals surface area contributed by atoms with Crippen LogP contribution in [0, 0.1) is 0 Å². The zero-order chi connectivity index (χ0) is 25.2. The predicted octanol–water partition coefficient (Wildman–Crippen LogP) is 5.13. The number of amides is 1. The molecule has 5 aromatic rings. The second-order valence-electron chi connectivity index (χ2n) is 9.19. The van der Waals surface area contributed by atoms with Gasteiger partial charge in [0.25, 0.3) is 5.91 Å². The normalized spacial score (nSPS) is 15.7. The largest absolute Gasteiger partial charge is 0.506 e. The Bertz CT molecular complexity index is 1540. The highest BCUT2D eigenvalue weighted by Crippen LogP contribution is 2.33. The minimum Gasteiger partial charge on any atom is -0.506 e. The molecule has 0 bridgehead atoms. The predicted molar refractivity (Wildman–Crippen MR) is 145 cm³/mol. The maximum absolute atomic E-state index is 12.3. The van der Waals surface area contributed by atoms with E-state index in [-0.39, 0.29) is 17.7 Å². The van der Waals surface area contributed by atoms with Gasteiger partial charge in [0, 0.05) is 36.8 Å². The van der Waals surface area contributed by atoms with E-state index in [0.29, 0.717) is 15.9 Å². The van der Waals surface area contributed by atoms with Crippen LogP contribution >= 0.6 is 11.3 Å². The van der Waals surface area contributed by atoms with Crippen LogP contribution in [0.15, 0.2) is 84.5 Å². The molecular formula is C29H25N5O2S. The van der Waals surface area contributed by atoms with Crippen molar-refractivity contribution in [3.63, 3.8) is 0 Å². The van der Waals surface area contributed by atoms with E-state index < -0.39 is 0 Å². The van der Waals surface area contributed by atoms with E-state index in [4.69, 9.17) is 9.97 Å². The zero-order valence-corrected chi connectivity index (χ0v) is 20.9. The highest BCUT2D eigenvalue weighted by atomic mass is 32.1. The molecule has 1 saturated heterocycles. The number of benzene rings is 3. The average Bonchev–Trinajstić information content (AvgIpc) is 3.62. The van der Waals surface area contributed by atoms with Crippen LogP contribution in [0.2, 0.25) is 0 Å². The first-order chi connectivity index (χ1) is 18.1. The topological polar surface area (TPSA) is 91.2 Å². The number of likely N-dealkylation sites (tertiary alicyclic amines) is 1. The third-order valence-electron chi connectivity index (χ3n) is 6.62. The third kappa shape index (κ3) is 4.94. The summed E-state index contributed by atoms with van der Waals surface area (Å²) in [5.41, 5.74) is 7.46. The lowest BCUT2D eigenvalue weighted by atomic mass is 10.0. The average molecular weight is 508 g/mol. The fourth-order valence-corrected chi connectivity index (χ4v) is 5.29. The maximum atomic E-state index is 12.3. The standard InChI is InChI=1S/C29H25N5O2S/c35-24-8-4-7-23-28(24)33-27(20-5-2-1-3-6-20)26(32-23)21-11-9-19(10-12-21)16-34-14-13-22(17-34)31-29(36)25-15-30-18-37-25/h1-12,15,18,22,35H,13-14,16-17H2,(H,31,36)/t22-/m1/s1. The minimum atomic E-state index is -0.0438. The first-order valence-corrected chi connectivity index (χ1v) is 13.1. The smallest absolute Gasteiger partial charge is 0.263 e. The number of hydrogen-bond acceptors (Lipinski definition) is 7. The Morgan fingerprint density at radius 2 is 1.76 bits per heavy atom. The first kappa shape index (κ1) is 23.3. The fourth-order valence-electron chi connectivity index (χ4n) is 4.77. The van der Waals surface area contributed by atoms with Crippen molar-refractivity contribution in [2.75, 3.05) is 13.1 Å². The number of nitrogens with zero attached hydrogens (tertiary/aromatic N) is 4. The van der Waals surface area contributed by atoms with Gasteiger partial charge >= 0.3 is 0 Å². The molecule has 6 rings (SSSR count). The van der Waals surface area contributed by atoms with E-state index in [1.807, 2.05) is 36.4 Å². The van der Waals surface area contributed by atoms with Gasteiger partial charge in [-0.1, -0.05) is 60.7 Å². The molecule has 2 N–H and O–H groups in total. The Morgan fingerprint density at radius 3 is 2.54 bits per heavy atom. The summed E-state index contributed by atoms with van der Waals surface area (Å²) in [7, 11) is 0. The van der Waals surface area contributed by atoms with Gasteiger partial charge in [0.2, 0.25) is 0 Å². The summed E-state index contributed by atoms with van der Waals surface area (Å²) in [6, 6.07) is 23.8. The molecule has 0 radical (unpaired) electrons. The summed E-state index contributed by atoms with van der Waals surface area (Å²) in [5, 5.41) is 13.5.